The van der Waals surface area contributed by atoms with E-state index < -0.39 is 17.6 Å². The van der Waals surface area contributed by atoms with Crippen molar-refractivity contribution in [1.29, 1.82) is 0 Å². The summed E-state index contributed by atoms with van der Waals surface area (Å²) in [6.45, 7) is 1.46. The van der Waals surface area contributed by atoms with Gasteiger partial charge in [-0.2, -0.15) is 0 Å². The average Bonchev–Trinajstić information content (AvgIpc) is 2.43. The van der Waals surface area contributed by atoms with E-state index in [4.69, 9.17) is 17.3 Å². The maximum atomic E-state index is 13.7. The van der Waals surface area contributed by atoms with Crippen molar-refractivity contribution in [3.05, 3.63) is 52.3 Å². The summed E-state index contributed by atoms with van der Waals surface area (Å²) >= 11 is 5.64. The van der Waals surface area contributed by atoms with E-state index in [1.54, 1.807) is 0 Å². The number of aromatic nitrogens is 2. The van der Waals surface area contributed by atoms with Gasteiger partial charge < -0.3 is 11.1 Å². The van der Waals surface area contributed by atoms with Crippen molar-refractivity contribution >= 4 is 29.1 Å². The van der Waals surface area contributed by atoms with Crippen LogP contribution in [0.5, 0.6) is 0 Å². The fourth-order valence-electron chi connectivity index (χ4n) is 1.59. The Kier molecular flexibility index (Phi) is 4.13. The van der Waals surface area contributed by atoms with Crippen molar-refractivity contribution in [1.82, 2.24) is 9.97 Å². The highest BCUT2D eigenvalue weighted by Gasteiger charge is 2.15. The van der Waals surface area contributed by atoms with Gasteiger partial charge in [0.05, 0.1) is 12.4 Å². The minimum atomic E-state index is -0.799. The molecule has 21 heavy (non-hydrogen) atoms. The number of carbonyl (C=O) groups excluding carboxylic acids is 2. The van der Waals surface area contributed by atoms with E-state index >= 15 is 0 Å². The van der Waals surface area contributed by atoms with E-state index in [0.29, 0.717) is 0 Å². The van der Waals surface area contributed by atoms with Crippen LogP contribution in [0.25, 0.3) is 0 Å². The first kappa shape index (κ1) is 14.9. The predicted molar refractivity (Wildman–Crippen MR) is 74.7 cm³/mol. The van der Waals surface area contributed by atoms with Gasteiger partial charge in [-0.3, -0.25) is 14.6 Å². The van der Waals surface area contributed by atoms with Gasteiger partial charge in [-0.15, -0.1) is 0 Å². The Hall–Kier alpha value is -2.54. The second kappa shape index (κ2) is 5.84. The van der Waals surface area contributed by atoms with Gasteiger partial charge in [-0.25, -0.2) is 9.37 Å². The highest BCUT2D eigenvalue weighted by Crippen LogP contribution is 2.21. The summed E-state index contributed by atoms with van der Waals surface area (Å²) in [5, 5.41) is 2.49. The summed E-state index contributed by atoms with van der Waals surface area (Å²) in [7, 11) is 0. The van der Waals surface area contributed by atoms with Gasteiger partial charge in [0.15, 0.2) is 0 Å². The standard InChI is InChI=1S/C13H10ClFN4O2/c1-6-8(15)2-7(12(16)20)3-9(6)19-13(21)10-4-17-5-11(14)18-10/h2-5H,1H3,(H2,16,20)(H,19,21). The number of benzene rings is 1. The van der Waals surface area contributed by atoms with E-state index in [2.05, 4.69) is 15.3 Å². The number of nitrogens with two attached hydrogens (primary N) is 1. The van der Waals surface area contributed by atoms with E-state index in [-0.39, 0.29) is 27.7 Å². The van der Waals surface area contributed by atoms with Gasteiger partial charge in [0.25, 0.3) is 5.91 Å². The normalized spacial score (nSPS) is 10.2. The van der Waals surface area contributed by atoms with E-state index in [1.165, 1.54) is 25.4 Å². The van der Waals surface area contributed by atoms with Crippen LogP contribution in [0.4, 0.5) is 10.1 Å². The number of hydrogen-bond donors (Lipinski definition) is 2. The van der Waals surface area contributed by atoms with Crippen LogP contribution in [0.1, 0.15) is 26.4 Å². The summed E-state index contributed by atoms with van der Waals surface area (Å²) in [4.78, 5) is 30.6. The van der Waals surface area contributed by atoms with Crippen molar-refractivity contribution < 1.29 is 14.0 Å². The first-order chi connectivity index (χ1) is 9.88. The van der Waals surface area contributed by atoms with Crippen LogP contribution in [-0.2, 0) is 0 Å². The van der Waals surface area contributed by atoms with Crippen LogP contribution >= 0.6 is 11.6 Å². The molecule has 0 fully saturated rings. The van der Waals surface area contributed by atoms with Gasteiger partial charge in [-0.1, -0.05) is 11.6 Å². The molecule has 0 saturated carbocycles. The Morgan fingerprint density at radius 2 is 2.05 bits per heavy atom. The van der Waals surface area contributed by atoms with Crippen LogP contribution < -0.4 is 11.1 Å². The minimum absolute atomic E-state index is 0.0354. The minimum Gasteiger partial charge on any atom is -0.366 e. The average molecular weight is 309 g/mol. The van der Waals surface area contributed by atoms with E-state index in [1.807, 2.05) is 0 Å². The molecule has 1 aromatic carbocycles. The lowest BCUT2D eigenvalue weighted by Crippen LogP contribution is -2.17. The molecule has 0 atom stereocenters. The SMILES string of the molecule is Cc1c(F)cc(C(N)=O)cc1NC(=O)c1cncc(Cl)n1. The second-order valence-electron chi connectivity index (χ2n) is 4.18. The van der Waals surface area contributed by atoms with E-state index in [9.17, 15) is 14.0 Å². The molecule has 2 amide bonds. The number of carbonyl (C=O) groups is 2. The van der Waals surface area contributed by atoms with Gasteiger partial charge in [0, 0.05) is 16.8 Å². The zero-order valence-corrected chi connectivity index (χ0v) is 11.6. The third-order valence-corrected chi connectivity index (χ3v) is 2.90. The Labute approximate surface area is 124 Å². The lowest BCUT2D eigenvalue weighted by molar-refractivity contribution is 0.0995. The fraction of sp³-hybridized carbons (Fsp3) is 0.0769. The van der Waals surface area contributed by atoms with Gasteiger partial charge in [0.2, 0.25) is 5.91 Å². The van der Waals surface area contributed by atoms with Crippen molar-refractivity contribution in [2.75, 3.05) is 5.32 Å². The smallest absolute Gasteiger partial charge is 0.275 e. The Bertz CT molecular complexity index is 736. The molecule has 0 spiro atoms. The van der Waals surface area contributed by atoms with Crippen molar-refractivity contribution in [3.63, 3.8) is 0 Å². The number of nitrogens with zero attached hydrogens (tertiary/aromatic N) is 2. The molecule has 1 heterocycles. The van der Waals surface area contributed by atoms with Crippen LogP contribution in [0, 0.1) is 12.7 Å². The molecule has 1 aromatic heterocycles. The molecule has 0 bridgehead atoms. The molecular weight excluding hydrogens is 299 g/mol. The van der Waals surface area contributed by atoms with Crippen LogP contribution in [0.2, 0.25) is 5.15 Å². The zero-order valence-electron chi connectivity index (χ0n) is 10.9. The number of primary amides is 1. The van der Waals surface area contributed by atoms with Crippen molar-refractivity contribution in [2.45, 2.75) is 6.92 Å². The van der Waals surface area contributed by atoms with E-state index in [0.717, 1.165) is 6.07 Å². The molecule has 6 nitrogen and oxygen atoms in total. The fourth-order valence-corrected chi connectivity index (χ4v) is 1.74. The molecule has 3 N–H and O–H groups in total. The number of anilines is 1. The Morgan fingerprint density at radius 3 is 2.67 bits per heavy atom. The number of nitrogens with one attached hydrogen (secondary N) is 1. The monoisotopic (exact) mass is 308 g/mol. The molecule has 0 saturated heterocycles. The van der Waals surface area contributed by atoms with Crippen LogP contribution in [0.15, 0.2) is 24.5 Å². The molecule has 0 unspecified atom stereocenters. The van der Waals surface area contributed by atoms with Crippen molar-refractivity contribution in [3.8, 4) is 0 Å². The lowest BCUT2D eigenvalue weighted by atomic mass is 10.1. The maximum Gasteiger partial charge on any atom is 0.275 e. The van der Waals surface area contributed by atoms with Gasteiger partial charge in [0.1, 0.15) is 16.7 Å². The molecule has 0 aliphatic carbocycles. The number of rotatable bonds is 3. The first-order valence-electron chi connectivity index (χ1n) is 5.77. The van der Waals surface area contributed by atoms with Gasteiger partial charge >= 0.3 is 0 Å². The number of halogens is 2. The summed E-state index contributed by atoms with van der Waals surface area (Å²) in [5.74, 6) is -2.08. The molecule has 0 aliphatic rings. The third-order valence-electron chi connectivity index (χ3n) is 2.71. The van der Waals surface area contributed by atoms with Gasteiger partial charge in [-0.05, 0) is 19.1 Å². The predicted octanol–water partition coefficient (Wildman–Crippen LogP) is 1.93. The van der Waals surface area contributed by atoms with Crippen molar-refractivity contribution in [2.24, 2.45) is 5.73 Å². The Balaban J connectivity index is 2.35. The van der Waals surface area contributed by atoms with Crippen LogP contribution in [-0.4, -0.2) is 21.8 Å². The molecule has 8 heteroatoms. The number of hydrogen-bond acceptors (Lipinski definition) is 4. The maximum absolute atomic E-state index is 13.7. The molecule has 2 aromatic rings. The molecular formula is C13H10ClFN4O2. The van der Waals surface area contributed by atoms with Crippen LogP contribution in [0.3, 0.4) is 0 Å². The molecule has 2 rings (SSSR count). The summed E-state index contributed by atoms with van der Waals surface area (Å²) in [5.41, 5.74) is 5.31. The number of amides is 2. The first-order valence-corrected chi connectivity index (χ1v) is 6.15. The third kappa shape index (κ3) is 3.32. The zero-order chi connectivity index (χ0) is 15.6. The lowest BCUT2D eigenvalue weighted by Gasteiger charge is -2.10. The summed E-state index contributed by atoms with van der Waals surface area (Å²) in [6.07, 6.45) is 2.49. The quantitative estimate of drug-likeness (QED) is 0.905. The molecule has 0 radical (unpaired) electrons. The summed E-state index contributed by atoms with van der Waals surface area (Å²) < 4.78 is 13.7. The second-order valence-corrected chi connectivity index (χ2v) is 4.56. The summed E-state index contributed by atoms with van der Waals surface area (Å²) in [6, 6.07) is 2.29. The Morgan fingerprint density at radius 1 is 1.33 bits per heavy atom. The highest BCUT2D eigenvalue weighted by molar-refractivity contribution is 6.29. The largest absolute Gasteiger partial charge is 0.366 e. The topological polar surface area (TPSA) is 98.0 Å². The highest BCUT2D eigenvalue weighted by atomic mass is 35.5. The molecule has 108 valence electrons. The molecule has 0 aliphatic heterocycles.